The van der Waals surface area contributed by atoms with E-state index in [4.69, 9.17) is 16.3 Å². The fourth-order valence-corrected chi connectivity index (χ4v) is 4.05. The van der Waals surface area contributed by atoms with Crippen molar-refractivity contribution in [1.29, 1.82) is 0 Å². The van der Waals surface area contributed by atoms with Crippen LogP contribution in [0.4, 0.5) is 0 Å². The zero-order valence-corrected chi connectivity index (χ0v) is 13.0. The summed E-state index contributed by atoms with van der Waals surface area (Å²) in [6.45, 7) is 1.42. The number of hydrogen-bond acceptors (Lipinski definition) is 3. The van der Waals surface area contributed by atoms with Gasteiger partial charge in [-0.05, 0) is 28.8 Å². The smallest absolute Gasteiger partial charge is 0.0956 e. The predicted molar refractivity (Wildman–Crippen MR) is 86.9 cm³/mol. The molecule has 1 aliphatic rings. The lowest BCUT2D eigenvalue weighted by Crippen LogP contribution is -1.97. The molecule has 1 aromatic heterocycles. The maximum Gasteiger partial charge on any atom is 0.0956 e. The molecule has 1 atom stereocenters. The number of hydrogen-bond donors (Lipinski definition) is 0. The molecule has 21 heavy (non-hydrogen) atoms. The zero-order valence-electron chi connectivity index (χ0n) is 11.4. The summed E-state index contributed by atoms with van der Waals surface area (Å²) in [5, 5.41) is 1.05. The first-order valence-electron chi connectivity index (χ1n) is 6.97. The first-order chi connectivity index (χ1) is 10.3. The summed E-state index contributed by atoms with van der Waals surface area (Å²) in [5.74, 6) is 0. The fourth-order valence-electron chi connectivity index (χ4n) is 2.67. The Hall–Kier alpha value is -1.42. The summed E-state index contributed by atoms with van der Waals surface area (Å²) in [6, 6.07) is 14.6. The zero-order chi connectivity index (χ0) is 14.2. The van der Waals surface area contributed by atoms with Gasteiger partial charge in [0, 0.05) is 6.42 Å². The van der Waals surface area contributed by atoms with Gasteiger partial charge in [0.2, 0.25) is 0 Å². The van der Waals surface area contributed by atoms with Crippen LogP contribution < -0.4 is 0 Å². The van der Waals surface area contributed by atoms with Crippen molar-refractivity contribution in [2.24, 2.45) is 0 Å². The third-order valence-corrected chi connectivity index (χ3v) is 5.26. The van der Waals surface area contributed by atoms with Crippen LogP contribution in [0.3, 0.4) is 0 Å². The van der Waals surface area contributed by atoms with Crippen LogP contribution in [0.2, 0.25) is 0 Å². The second-order valence-electron chi connectivity index (χ2n) is 5.27. The summed E-state index contributed by atoms with van der Waals surface area (Å²) in [7, 11) is 0. The first kappa shape index (κ1) is 13.3. The molecular weight excluding hydrogens is 302 g/mol. The molecule has 0 aliphatic carbocycles. The number of thiazole rings is 1. The molecule has 4 rings (SSSR count). The van der Waals surface area contributed by atoms with Crippen molar-refractivity contribution in [1.82, 2.24) is 4.98 Å². The van der Waals surface area contributed by atoms with E-state index in [1.165, 1.54) is 15.8 Å². The summed E-state index contributed by atoms with van der Waals surface area (Å²) >= 11 is 8.32. The van der Waals surface area contributed by atoms with Gasteiger partial charge in [0.05, 0.1) is 33.8 Å². The van der Waals surface area contributed by atoms with Crippen LogP contribution in [-0.4, -0.2) is 4.98 Å². The molecule has 2 aromatic carbocycles. The van der Waals surface area contributed by atoms with Crippen molar-refractivity contribution >= 4 is 33.2 Å². The average Bonchev–Trinajstić information content (AvgIpc) is 3.11. The number of benzene rings is 2. The Morgan fingerprint density at radius 3 is 2.90 bits per heavy atom. The Morgan fingerprint density at radius 1 is 1.14 bits per heavy atom. The second-order valence-corrected chi connectivity index (χ2v) is 6.91. The third kappa shape index (κ3) is 2.57. The van der Waals surface area contributed by atoms with E-state index >= 15 is 0 Å². The van der Waals surface area contributed by atoms with Crippen LogP contribution in [-0.2, 0) is 24.4 Å². The maximum absolute atomic E-state index is 6.60. The van der Waals surface area contributed by atoms with Gasteiger partial charge in [-0.2, -0.15) is 0 Å². The largest absolute Gasteiger partial charge is 0.372 e. The quantitative estimate of drug-likeness (QED) is 0.645. The number of para-hydroxylation sites is 1. The summed E-state index contributed by atoms with van der Waals surface area (Å²) < 4.78 is 6.68. The highest BCUT2D eigenvalue weighted by atomic mass is 35.5. The molecular formula is C17H14ClNOS. The molecule has 2 nitrogen and oxygen atoms in total. The van der Waals surface area contributed by atoms with Crippen LogP contribution >= 0.6 is 22.9 Å². The highest BCUT2D eigenvalue weighted by molar-refractivity contribution is 7.18. The Balaban J connectivity index is 1.58. The maximum atomic E-state index is 6.60. The van der Waals surface area contributed by atoms with Gasteiger partial charge >= 0.3 is 0 Å². The van der Waals surface area contributed by atoms with Gasteiger partial charge in [-0.25, -0.2) is 4.98 Å². The molecule has 0 fully saturated rings. The molecule has 0 spiro atoms. The van der Waals surface area contributed by atoms with E-state index < -0.39 is 0 Å². The van der Waals surface area contributed by atoms with Gasteiger partial charge in [0.25, 0.3) is 0 Å². The number of halogens is 1. The number of aromatic nitrogens is 1. The van der Waals surface area contributed by atoms with Crippen LogP contribution in [0.1, 0.15) is 27.1 Å². The average molecular weight is 316 g/mol. The number of nitrogens with zero attached hydrogens (tertiary/aromatic N) is 1. The van der Waals surface area contributed by atoms with Crippen LogP contribution in [0.5, 0.6) is 0 Å². The monoisotopic (exact) mass is 315 g/mol. The van der Waals surface area contributed by atoms with Crippen molar-refractivity contribution in [2.45, 2.75) is 25.0 Å². The number of ether oxygens (including phenoxy) is 1. The molecule has 0 saturated heterocycles. The van der Waals surface area contributed by atoms with E-state index in [0.29, 0.717) is 6.61 Å². The van der Waals surface area contributed by atoms with E-state index in [-0.39, 0.29) is 5.38 Å². The van der Waals surface area contributed by atoms with E-state index in [0.717, 1.165) is 29.1 Å². The van der Waals surface area contributed by atoms with Crippen molar-refractivity contribution in [3.8, 4) is 0 Å². The summed E-state index contributed by atoms with van der Waals surface area (Å²) in [4.78, 5) is 4.66. The normalized spacial score (nSPS) is 15.3. The molecule has 0 saturated carbocycles. The van der Waals surface area contributed by atoms with Crippen LogP contribution in [0.15, 0.2) is 42.5 Å². The fraction of sp³-hybridized carbons (Fsp3) is 0.235. The van der Waals surface area contributed by atoms with Gasteiger partial charge in [-0.3, -0.25) is 0 Å². The molecule has 0 N–H and O–H groups in total. The van der Waals surface area contributed by atoms with Crippen LogP contribution in [0.25, 0.3) is 10.2 Å². The molecule has 0 amide bonds. The Labute approximate surface area is 132 Å². The lowest BCUT2D eigenvalue weighted by molar-refractivity contribution is 0.134. The Kier molecular flexibility index (Phi) is 3.42. The van der Waals surface area contributed by atoms with Gasteiger partial charge in [0.15, 0.2) is 0 Å². The molecule has 3 aromatic rings. The minimum absolute atomic E-state index is 0.0449. The highest BCUT2D eigenvalue weighted by Crippen LogP contribution is 2.31. The Bertz CT molecular complexity index is 765. The number of rotatable bonds is 3. The van der Waals surface area contributed by atoms with Gasteiger partial charge in [-0.15, -0.1) is 22.9 Å². The molecule has 1 aliphatic heterocycles. The SMILES string of the molecule is ClC(Cc1nc2ccccc2s1)c1ccc2c(c1)COC2. The molecule has 2 heterocycles. The van der Waals surface area contributed by atoms with E-state index in [2.05, 4.69) is 29.2 Å². The standard InChI is InChI=1S/C17H14ClNOS/c18-14(11-5-6-12-9-20-10-13(12)7-11)8-17-19-15-3-1-2-4-16(15)21-17/h1-7,14H,8-10H2. The van der Waals surface area contributed by atoms with Crippen LogP contribution in [0, 0.1) is 0 Å². The number of fused-ring (bicyclic) bond motifs is 2. The first-order valence-corrected chi connectivity index (χ1v) is 8.23. The molecule has 0 radical (unpaired) electrons. The predicted octanol–water partition coefficient (Wildman–Crippen LogP) is 4.85. The summed E-state index contributed by atoms with van der Waals surface area (Å²) in [6.07, 6.45) is 0.764. The molecule has 106 valence electrons. The van der Waals surface area contributed by atoms with E-state index in [1.807, 2.05) is 18.2 Å². The lowest BCUT2D eigenvalue weighted by Gasteiger charge is -2.09. The van der Waals surface area contributed by atoms with Gasteiger partial charge < -0.3 is 4.74 Å². The van der Waals surface area contributed by atoms with Crippen molar-refractivity contribution in [2.75, 3.05) is 0 Å². The van der Waals surface area contributed by atoms with Gasteiger partial charge in [-0.1, -0.05) is 30.3 Å². The molecule has 1 unspecified atom stereocenters. The number of alkyl halides is 1. The topological polar surface area (TPSA) is 22.1 Å². The minimum Gasteiger partial charge on any atom is -0.372 e. The van der Waals surface area contributed by atoms with Crippen molar-refractivity contribution < 1.29 is 4.74 Å². The summed E-state index contributed by atoms with van der Waals surface area (Å²) in [5.41, 5.74) is 4.76. The van der Waals surface area contributed by atoms with Crippen molar-refractivity contribution in [3.05, 3.63) is 64.2 Å². The Morgan fingerprint density at radius 2 is 2.00 bits per heavy atom. The molecule has 4 heteroatoms. The van der Waals surface area contributed by atoms with Gasteiger partial charge in [0.1, 0.15) is 0 Å². The third-order valence-electron chi connectivity index (χ3n) is 3.80. The second kappa shape index (κ2) is 5.41. The van der Waals surface area contributed by atoms with E-state index in [9.17, 15) is 0 Å². The molecule has 0 bridgehead atoms. The highest BCUT2D eigenvalue weighted by Gasteiger charge is 2.16. The van der Waals surface area contributed by atoms with E-state index in [1.54, 1.807) is 11.3 Å². The lowest BCUT2D eigenvalue weighted by atomic mass is 10.0. The minimum atomic E-state index is -0.0449. The van der Waals surface area contributed by atoms with Crippen molar-refractivity contribution in [3.63, 3.8) is 0 Å².